The summed E-state index contributed by atoms with van der Waals surface area (Å²) < 4.78 is 5.41. The SMILES string of the molecule is CN(C)C(=O)c1ccc(N2CCN(C(=O)OC(C)(C)C)CC2)cc1Cl. The molecular formula is C18H26ClN3O3. The number of nitrogens with zero attached hydrogens (tertiary/aromatic N) is 3. The molecule has 25 heavy (non-hydrogen) atoms. The van der Waals surface area contributed by atoms with Gasteiger partial charge in [0.2, 0.25) is 0 Å². The van der Waals surface area contributed by atoms with Crippen molar-refractivity contribution in [1.82, 2.24) is 9.80 Å². The number of hydrogen-bond acceptors (Lipinski definition) is 4. The van der Waals surface area contributed by atoms with Gasteiger partial charge in [-0.3, -0.25) is 4.79 Å². The van der Waals surface area contributed by atoms with Gasteiger partial charge < -0.3 is 19.4 Å². The number of halogens is 1. The molecule has 0 N–H and O–H groups in total. The lowest BCUT2D eigenvalue weighted by Crippen LogP contribution is -2.50. The zero-order chi connectivity index (χ0) is 18.8. The Balaban J connectivity index is 2.00. The molecule has 1 aliphatic rings. The summed E-state index contributed by atoms with van der Waals surface area (Å²) in [7, 11) is 3.39. The molecule has 2 rings (SSSR count). The molecule has 7 heteroatoms. The average Bonchev–Trinajstić information content (AvgIpc) is 2.52. The number of benzene rings is 1. The number of piperazine rings is 1. The first-order valence-electron chi connectivity index (χ1n) is 8.32. The quantitative estimate of drug-likeness (QED) is 0.806. The molecule has 1 aromatic rings. The van der Waals surface area contributed by atoms with Gasteiger partial charge in [0, 0.05) is 46.0 Å². The molecule has 1 fully saturated rings. The van der Waals surface area contributed by atoms with Gasteiger partial charge in [-0.25, -0.2) is 4.79 Å². The van der Waals surface area contributed by atoms with Crippen LogP contribution in [0.3, 0.4) is 0 Å². The standard InChI is InChI=1S/C18H26ClN3O3/c1-18(2,3)25-17(24)22-10-8-21(9-11-22)13-6-7-14(15(19)12-13)16(23)20(4)5/h6-7,12H,8-11H2,1-5H3. The Bertz CT molecular complexity index is 647. The van der Waals surface area contributed by atoms with E-state index < -0.39 is 5.60 Å². The third kappa shape index (κ3) is 5.01. The third-order valence-corrected chi connectivity index (χ3v) is 4.20. The Morgan fingerprint density at radius 2 is 1.72 bits per heavy atom. The van der Waals surface area contributed by atoms with E-state index in [1.165, 1.54) is 4.90 Å². The molecule has 0 aromatic heterocycles. The number of ether oxygens (including phenoxy) is 1. The second-order valence-corrected chi connectivity index (χ2v) is 7.73. The smallest absolute Gasteiger partial charge is 0.410 e. The van der Waals surface area contributed by atoms with E-state index in [0.29, 0.717) is 36.8 Å². The van der Waals surface area contributed by atoms with Crippen LogP contribution in [0.5, 0.6) is 0 Å². The first-order valence-corrected chi connectivity index (χ1v) is 8.70. The van der Waals surface area contributed by atoms with E-state index in [9.17, 15) is 9.59 Å². The molecule has 0 atom stereocenters. The molecule has 0 spiro atoms. The summed E-state index contributed by atoms with van der Waals surface area (Å²) in [5.41, 5.74) is 0.947. The lowest BCUT2D eigenvalue weighted by atomic mass is 10.1. The van der Waals surface area contributed by atoms with Crippen molar-refractivity contribution in [2.24, 2.45) is 0 Å². The van der Waals surface area contributed by atoms with Crippen LogP contribution in [0, 0.1) is 0 Å². The second kappa shape index (κ2) is 7.52. The van der Waals surface area contributed by atoms with Gasteiger partial charge in [0.05, 0.1) is 10.6 Å². The summed E-state index contributed by atoms with van der Waals surface area (Å²) >= 11 is 6.28. The topological polar surface area (TPSA) is 53.1 Å². The monoisotopic (exact) mass is 367 g/mol. The van der Waals surface area contributed by atoms with Gasteiger partial charge in [-0.05, 0) is 39.0 Å². The van der Waals surface area contributed by atoms with Gasteiger partial charge in [-0.15, -0.1) is 0 Å². The minimum absolute atomic E-state index is 0.119. The van der Waals surface area contributed by atoms with Gasteiger partial charge in [0.1, 0.15) is 5.60 Å². The Morgan fingerprint density at radius 3 is 2.20 bits per heavy atom. The number of rotatable bonds is 2. The Hall–Kier alpha value is -1.95. The Kier molecular flexibility index (Phi) is 5.83. The highest BCUT2D eigenvalue weighted by atomic mass is 35.5. The normalized spacial score (nSPS) is 15.1. The highest BCUT2D eigenvalue weighted by Crippen LogP contribution is 2.25. The summed E-state index contributed by atoms with van der Waals surface area (Å²) in [5, 5.41) is 0.436. The van der Waals surface area contributed by atoms with E-state index in [-0.39, 0.29) is 12.0 Å². The molecule has 6 nitrogen and oxygen atoms in total. The molecule has 1 aliphatic heterocycles. The number of carbonyl (C=O) groups is 2. The van der Waals surface area contributed by atoms with Crippen molar-refractivity contribution in [2.75, 3.05) is 45.2 Å². The summed E-state index contributed by atoms with van der Waals surface area (Å²) in [5.74, 6) is -0.119. The van der Waals surface area contributed by atoms with Crippen LogP contribution in [0.25, 0.3) is 0 Å². The molecule has 0 saturated carbocycles. The van der Waals surface area contributed by atoms with E-state index in [0.717, 1.165) is 5.69 Å². The average molecular weight is 368 g/mol. The van der Waals surface area contributed by atoms with Crippen LogP contribution in [0.1, 0.15) is 31.1 Å². The summed E-state index contributed by atoms with van der Waals surface area (Å²) in [4.78, 5) is 29.5. The van der Waals surface area contributed by atoms with Gasteiger partial charge in [0.15, 0.2) is 0 Å². The molecule has 0 bridgehead atoms. The van der Waals surface area contributed by atoms with Gasteiger partial charge >= 0.3 is 6.09 Å². The van der Waals surface area contributed by atoms with Crippen LogP contribution in [-0.4, -0.2) is 67.7 Å². The third-order valence-electron chi connectivity index (χ3n) is 3.89. The largest absolute Gasteiger partial charge is 0.444 e. The van der Waals surface area contributed by atoms with E-state index in [1.54, 1.807) is 31.1 Å². The van der Waals surface area contributed by atoms with Crippen LogP contribution in [0.2, 0.25) is 5.02 Å². The maximum absolute atomic E-state index is 12.1. The van der Waals surface area contributed by atoms with E-state index >= 15 is 0 Å². The predicted molar refractivity (Wildman–Crippen MR) is 99.5 cm³/mol. The predicted octanol–water partition coefficient (Wildman–Crippen LogP) is 3.10. The highest BCUT2D eigenvalue weighted by Gasteiger charge is 2.26. The van der Waals surface area contributed by atoms with Crippen LogP contribution < -0.4 is 4.90 Å². The maximum Gasteiger partial charge on any atom is 0.410 e. The van der Waals surface area contributed by atoms with Crippen molar-refractivity contribution in [1.29, 1.82) is 0 Å². The van der Waals surface area contributed by atoms with Crippen LogP contribution in [0.4, 0.5) is 10.5 Å². The maximum atomic E-state index is 12.1. The number of carbonyl (C=O) groups excluding carboxylic acids is 2. The van der Waals surface area contributed by atoms with E-state index in [4.69, 9.17) is 16.3 Å². The Morgan fingerprint density at radius 1 is 1.12 bits per heavy atom. The van der Waals surface area contributed by atoms with E-state index in [1.807, 2.05) is 26.8 Å². The molecule has 0 radical (unpaired) electrons. The minimum Gasteiger partial charge on any atom is -0.444 e. The molecule has 138 valence electrons. The molecule has 2 amide bonds. The lowest BCUT2D eigenvalue weighted by Gasteiger charge is -2.36. The van der Waals surface area contributed by atoms with Gasteiger partial charge in [0.25, 0.3) is 5.91 Å². The highest BCUT2D eigenvalue weighted by molar-refractivity contribution is 6.34. The molecule has 0 unspecified atom stereocenters. The molecular weight excluding hydrogens is 342 g/mol. The summed E-state index contributed by atoms with van der Waals surface area (Å²) in [6.07, 6.45) is -0.280. The Labute approximate surface area is 154 Å². The van der Waals surface area contributed by atoms with Crippen LogP contribution in [-0.2, 0) is 4.74 Å². The fraction of sp³-hybridized carbons (Fsp3) is 0.556. The molecule has 1 saturated heterocycles. The first kappa shape index (κ1) is 19.4. The van der Waals surface area contributed by atoms with Crippen molar-refractivity contribution in [3.05, 3.63) is 28.8 Å². The zero-order valence-corrected chi connectivity index (χ0v) is 16.3. The van der Waals surface area contributed by atoms with Crippen molar-refractivity contribution >= 4 is 29.3 Å². The molecule has 1 heterocycles. The summed E-state index contributed by atoms with van der Waals surface area (Å²) in [6, 6.07) is 5.45. The summed E-state index contributed by atoms with van der Waals surface area (Å²) in [6.45, 7) is 8.14. The number of amides is 2. The zero-order valence-electron chi connectivity index (χ0n) is 15.5. The second-order valence-electron chi connectivity index (χ2n) is 7.32. The van der Waals surface area contributed by atoms with Crippen molar-refractivity contribution < 1.29 is 14.3 Å². The molecule has 1 aromatic carbocycles. The lowest BCUT2D eigenvalue weighted by molar-refractivity contribution is 0.0240. The molecule has 0 aliphatic carbocycles. The van der Waals surface area contributed by atoms with Crippen LogP contribution >= 0.6 is 11.6 Å². The van der Waals surface area contributed by atoms with Gasteiger partial charge in [-0.2, -0.15) is 0 Å². The fourth-order valence-electron chi connectivity index (χ4n) is 2.59. The van der Waals surface area contributed by atoms with Gasteiger partial charge in [-0.1, -0.05) is 11.6 Å². The fourth-order valence-corrected chi connectivity index (χ4v) is 2.84. The first-order chi connectivity index (χ1) is 11.6. The van der Waals surface area contributed by atoms with E-state index in [2.05, 4.69) is 4.90 Å². The van der Waals surface area contributed by atoms with Crippen molar-refractivity contribution in [3.63, 3.8) is 0 Å². The van der Waals surface area contributed by atoms with Crippen molar-refractivity contribution in [2.45, 2.75) is 26.4 Å². The number of hydrogen-bond donors (Lipinski definition) is 0. The number of anilines is 1. The van der Waals surface area contributed by atoms with Crippen molar-refractivity contribution in [3.8, 4) is 0 Å². The van der Waals surface area contributed by atoms with Crippen LogP contribution in [0.15, 0.2) is 18.2 Å². The minimum atomic E-state index is -0.490.